The molecule has 5 nitrogen and oxygen atoms in total. The molecule has 21 heavy (non-hydrogen) atoms. The second kappa shape index (κ2) is 5.38. The summed E-state index contributed by atoms with van der Waals surface area (Å²) in [5, 5.41) is 8.75. The van der Waals surface area contributed by atoms with E-state index < -0.39 is 11.4 Å². The zero-order valence-corrected chi connectivity index (χ0v) is 13.0. The molecule has 110 valence electrons. The van der Waals surface area contributed by atoms with Gasteiger partial charge in [0.05, 0.1) is 28.0 Å². The quantitative estimate of drug-likeness (QED) is 0.881. The third-order valence-electron chi connectivity index (χ3n) is 3.38. The number of halogens is 1. The van der Waals surface area contributed by atoms with Crippen molar-refractivity contribution in [3.63, 3.8) is 0 Å². The molecule has 1 heterocycles. The number of carbonyl (C=O) groups excluding carboxylic acids is 1. The first kappa shape index (κ1) is 15.3. The molecule has 2 aromatic rings. The molecular formula is C15H17ClN4O. The molecule has 2 N–H and O–H groups in total. The van der Waals surface area contributed by atoms with E-state index >= 15 is 0 Å². The van der Waals surface area contributed by atoms with Crippen molar-refractivity contribution in [2.45, 2.75) is 38.1 Å². The number of hydrogen-bond acceptors (Lipinski definition) is 3. The van der Waals surface area contributed by atoms with Crippen molar-refractivity contribution >= 4 is 28.5 Å². The normalized spacial score (nSPS) is 13.1. The minimum atomic E-state index is -0.576. The zero-order valence-electron chi connectivity index (χ0n) is 12.2. The Morgan fingerprint density at radius 1 is 1.57 bits per heavy atom. The van der Waals surface area contributed by atoms with E-state index in [9.17, 15) is 4.79 Å². The van der Waals surface area contributed by atoms with Crippen molar-refractivity contribution in [3.05, 3.63) is 29.6 Å². The van der Waals surface area contributed by atoms with Crippen molar-refractivity contribution in [2.24, 2.45) is 5.73 Å². The lowest BCUT2D eigenvalue weighted by Crippen LogP contribution is -2.33. The molecule has 0 aliphatic rings. The number of benzene rings is 1. The first-order valence-corrected chi connectivity index (χ1v) is 7.05. The summed E-state index contributed by atoms with van der Waals surface area (Å²) in [6.07, 6.45) is 0.159. The van der Waals surface area contributed by atoms with Crippen molar-refractivity contribution < 1.29 is 4.79 Å². The van der Waals surface area contributed by atoms with Crippen LogP contribution in [0, 0.1) is 11.3 Å². The highest BCUT2D eigenvalue weighted by molar-refractivity contribution is 6.20. The Hall–Kier alpha value is -2.06. The SMILES string of the molecule is CC(Cl)c1nc2ccc(C#N)cc2n1C(C)(C)CC(N)=O. The fourth-order valence-electron chi connectivity index (χ4n) is 2.57. The minimum Gasteiger partial charge on any atom is -0.370 e. The summed E-state index contributed by atoms with van der Waals surface area (Å²) in [5.74, 6) is 0.263. The number of nitrogens with zero attached hydrogens (tertiary/aromatic N) is 3. The van der Waals surface area contributed by atoms with E-state index in [2.05, 4.69) is 11.1 Å². The van der Waals surface area contributed by atoms with Gasteiger partial charge < -0.3 is 10.3 Å². The van der Waals surface area contributed by atoms with Gasteiger partial charge in [-0.05, 0) is 39.0 Å². The van der Waals surface area contributed by atoms with Crippen LogP contribution in [0.2, 0.25) is 0 Å². The number of fused-ring (bicyclic) bond motifs is 1. The first-order chi connectivity index (χ1) is 9.76. The summed E-state index contributed by atoms with van der Waals surface area (Å²) in [6, 6.07) is 7.37. The molecule has 2 rings (SSSR count). The molecule has 0 aliphatic carbocycles. The van der Waals surface area contributed by atoms with Gasteiger partial charge in [-0.1, -0.05) is 0 Å². The second-order valence-corrected chi connectivity index (χ2v) is 6.35. The number of nitriles is 1. The van der Waals surface area contributed by atoms with Crippen LogP contribution in [0.15, 0.2) is 18.2 Å². The van der Waals surface area contributed by atoms with Crippen LogP contribution in [-0.4, -0.2) is 15.5 Å². The highest BCUT2D eigenvalue weighted by Gasteiger charge is 2.29. The number of alkyl halides is 1. The molecule has 1 unspecified atom stereocenters. The predicted molar refractivity (Wildman–Crippen MR) is 81.8 cm³/mol. The molecule has 0 saturated carbocycles. The lowest BCUT2D eigenvalue weighted by atomic mass is 9.99. The minimum absolute atomic E-state index is 0.159. The highest BCUT2D eigenvalue weighted by Crippen LogP contribution is 2.33. The van der Waals surface area contributed by atoms with Crippen LogP contribution in [-0.2, 0) is 10.3 Å². The standard InChI is InChI=1S/C15H17ClN4O/c1-9(16)14-19-11-5-4-10(8-17)6-12(11)20(14)15(2,3)7-13(18)21/h4-6,9H,7H2,1-3H3,(H2,18,21). The Labute approximate surface area is 128 Å². The van der Waals surface area contributed by atoms with Gasteiger partial charge in [-0.2, -0.15) is 5.26 Å². The fraction of sp³-hybridized carbons (Fsp3) is 0.400. The van der Waals surface area contributed by atoms with Crippen molar-refractivity contribution in [2.75, 3.05) is 0 Å². The monoisotopic (exact) mass is 304 g/mol. The van der Waals surface area contributed by atoms with E-state index in [0.29, 0.717) is 11.4 Å². The van der Waals surface area contributed by atoms with Gasteiger partial charge in [0.1, 0.15) is 5.82 Å². The molecule has 6 heteroatoms. The van der Waals surface area contributed by atoms with Crippen LogP contribution in [0.3, 0.4) is 0 Å². The lowest BCUT2D eigenvalue weighted by Gasteiger charge is -2.29. The summed E-state index contributed by atoms with van der Waals surface area (Å²) in [7, 11) is 0. The predicted octanol–water partition coefficient (Wildman–Crippen LogP) is 2.82. The Bertz CT molecular complexity index is 740. The van der Waals surface area contributed by atoms with E-state index in [1.807, 2.05) is 25.3 Å². The molecule has 0 aliphatic heterocycles. The van der Waals surface area contributed by atoms with Gasteiger partial charge in [0.2, 0.25) is 5.91 Å². The molecule has 0 bridgehead atoms. The van der Waals surface area contributed by atoms with E-state index in [1.54, 1.807) is 18.2 Å². The van der Waals surface area contributed by atoms with E-state index in [-0.39, 0.29) is 11.8 Å². The molecule has 1 aromatic heterocycles. The van der Waals surface area contributed by atoms with E-state index in [4.69, 9.17) is 22.6 Å². The molecule has 0 radical (unpaired) electrons. The fourth-order valence-corrected chi connectivity index (χ4v) is 2.72. The number of aromatic nitrogens is 2. The van der Waals surface area contributed by atoms with Crippen molar-refractivity contribution in [1.82, 2.24) is 9.55 Å². The number of rotatable bonds is 4. The largest absolute Gasteiger partial charge is 0.370 e. The van der Waals surface area contributed by atoms with Gasteiger partial charge in [0.25, 0.3) is 0 Å². The molecule has 1 amide bonds. The number of hydrogen-bond donors (Lipinski definition) is 1. The number of amides is 1. The smallest absolute Gasteiger partial charge is 0.219 e. The third kappa shape index (κ3) is 2.86. The Kier molecular flexibility index (Phi) is 3.93. The van der Waals surface area contributed by atoms with Gasteiger partial charge in [0, 0.05) is 12.0 Å². The number of primary amides is 1. The average molecular weight is 305 g/mol. The van der Waals surface area contributed by atoms with Crippen LogP contribution >= 0.6 is 11.6 Å². The van der Waals surface area contributed by atoms with Gasteiger partial charge in [0.15, 0.2) is 0 Å². The Morgan fingerprint density at radius 2 is 2.24 bits per heavy atom. The van der Waals surface area contributed by atoms with Gasteiger partial charge in [-0.25, -0.2) is 4.98 Å². The summed E-state index contributed by atoms with van der Waals surface area (Å²) >= 11 is 6.23. The summed E-state index contributed by atoms with van der Waals surface area (Å²) in [5.41, 5.74) is 6.84. The molecule has 1 atom stereocenters. The average Bonchev–Trinajstić information content (AvgIpc) is 2.76. The van der Waals surface area contributed by atoms with Crippen LogP contribution in [0.5, 0.6) is 0 Å². The zero-order chi connectivity index (χ0) is 15.8. The maximum absolute atomic E-state index is 11.4. The van der Waals surface area contributed by atoms with Crippen molar-refractivity contribution in [1.29, 1.82) is 5.26 Å². The third-order valence-corrected chi connectivity index (χ3v) is 3.57. The lowest BCUT2D eigenvalue weighted by molar-refractivity contribution is -0.119. The molecule has 1 aromatic carbocycles. The van der Waals surface area contributed by atoms with E-state index in [1.165, 1.54) is 0 Å². The summed E-state index contributed by atoms with van der Waals surface area (Å²) in [4.78, 5) is 15.9. The number of carbonyl (C=O) groups is 1. The maximum Gasteiger partial charge on any atom is 0.219 e. The molecular weight excluding hydrogens is 288 g/mol. The van der Waals surface area contributed by atoms with Gasteiger partial charge in [-0.15, -0.1) is 11.6 Å². The Balaban J connectivity index is 2.76. The first-order valence-electron chi connectivity index (χ1n) is 6.61. The highest BCUT2D eigenvalue weighted by atomic mass is 35.5. The summed E-state index contributed by atoms with van der Waals surface area (Å²) < 4.78 is 1.91. The molecule has 0 fully saturated rings. The van der Waals surface area contributed by atoms with E-state index in [0.717, 1.165) is 11.0 Å². The molecule has 0 spiro atoms. The maximum atomic E-state index is 11.4. The van der Waals surface area contributed by atoms with Crippen LogP contribution in [0.25, 0.3) is 11.0 Å². The Morgan fingerprint density at radius 3 is 2.76 bits per heavy atom. The van der Waals surface area contributed by atoms with Gasteiger partial charge >= 0.3 is 0 Å². The van der Waals surface area contributed by atoms with Crippen LogP contribution in [0.1, 0.15) is 44.0 Å². The summed E-state index contributed by atoms with van der Waals surface area (Å²) in [6.45, 7) is 5.63. The number of nitrogens with two attached hydrogens (primary N) is 1. The molecule has 0 saturated heterocycles. The van der Waals surface area contributed by atoms with Gasteiger partial charge in [-0.3, -0.25) is 4.79 Å². The number of imidazole rings is 1. The van der Waals surface area contributed by atoms with Crippen LogP contribution < -0.4 is 5.73 Å². The van der Waals surface area contributed by atoms with Crippen LogP contribution in [0.4, 0.5) is 0 Å². The second-order valence-electron chi connectivity index (χ2n) is 5.69. The topological polar surface area (TPSA) is 84.7 Å². The van der Waals surface area contributed by atoms with Crippen molar-refractivity contribution in [3.8, 4) is 6.07 Å².